The van der Waals surface area contributed by atoms with Crippen LogP contribution < -0.4 is 0 Å². The SMILES string of the molecule is CC(C)(C(=O)O)c1ccc(C(O)CCCN2CCC(C(CO)(c3ccccc3)c3ccccc3)CC2)cc1. The summed E-state index contributed by atoms with van der Waals surface area (Å²) in [6, 6.07) is 28.2. The Morgan fingerprint density at radius 2 is 1.39 bits per heavy atom. The van der Waals surface area contributed by atoms with Gasteiger partial charge in [-0.25, -0.2) is 0 Å². The Kier molecular flexibility index (Phi) is 9.03. The third-order valence-electron chi connectivity index (χ3n) is 8.62. The minimum Gasteiger partial charge on any atom is -0.481 e. The molecule has 0 spiro atoms. The van der Waals surface area contributed by atoms with Crippen LogP contribution in [-0.4, -0.2) is 52.4 Å². The molecule has 1 heterocycles. The van der Waals surface area contributed by atoms with Gasteiger partial charge in [0.2, 0.25) is 0 Å². The first kappa shape index (κ1) is 28.0. The number of carboxylic acid groups (broad SMARTS) is 1. The van der Waals surface area contributed by atoms with Gasteiger partial charge in [-0.2, -0.15) is 0 Å². The standard InChI is InChI=1S/C33H41NO4/c1-32(2,31(37)38)26-17-15-25(16-18-26)30(36)14-9-21-34-22-19-29(20-23-34)33(24-35,27-10-5-3-6-11-27)28-12-7-4-8-13-28/h3-8,10-13,15-18,29-30,35-36H,9,14,19-24H2,1-2H3,(H,37,38). The molecule has 4 rings (SSSR count). The maximum atomic E-state index is 11.5. The molecule has 0 aromatic heterocycles. The Labute approximate surface area is 226 Å². The summed E-state index contributed by atoms with van der Waals surface area (Å²) < 4.78 is 0. The van der Waals surface area contributed by atoms with Crippen molar-refractivity contribution >= 4 is 5.97 Å². The van der Waals surface area contributed by atoms with Gasteiger partial charge in [-0.3, -0.25) is 4.79 Å². The van der Waals surface area contributed by atoms with Crippen LogP contribution >= 0.6 is 0 Å². The van der Waals surface area contributed by atoms with E-state index < -0.39 is 22.9 Å². The number of aliphatic carboxylic acids is 1. The van der Waals surface area contributed by atoms with E-state index in [0.29, 0.717) is 12.3 Å². The molecule has 3 aromatic rings. The number of carboxylic acids is 1. The summed E-state index contributed by atoms with van der Waals surface area (Å²) in [7, 11) is 0. The molecule has 0 bridgehead atoms. The number of hydrogen-bond acceptors (Lipinski definition) is 4. The lowest BCUT2D eigenvalue weighted by Crippen LogP contribution is -2.46. The molecule has 5 nitrogen and oxygen atoms in total. The average Bonchev–Trinajstić information content (AvgIpc) is 2.95. The summed E-state index contributed by atoms with van der Waals surface area (Å²) in [6.45, 7) is 6.34. The smallest absolute Gasteiger partial charge is 0.313 e. The number of rotatable bonds is 11. The highest BCUT2D eigenvalue weighted by atomic mass is 16.4. The molecule has 1 fully saturated rings. The normalized spacial score (nSPS) is 16.3. The molecule has 1 aliphatic heterocycles. The fraction of sp³-hybridized carbons (Fsp3) is 0.424. The van der Waals surface area contributed by atoms with Crippen LogP contribution in [0.1, 0.15) is 67.9 Å². The average molecular weight is 516 g/mol. The molecule has 0 aliphatic carbocycles. The second kappa shape index (κ2) is 12.2. The van der Waals surface area contributed by atoms with E-state index in [9.17, 15) is 20.1 Å². The van der Waals surface area contributed by atoms with Gasteiger partial charge in [-0.15, -0.1) is 0 Å². The number of benzene rings is 3. The highest BCUT2D eigenvalue weighted by Crippen LogP contribution is 2.44. The van der Waals surface area contributed by atoms with Gasteiger partial charge in [0, 0.05) is 5.41 Å². The molecule has 1 unspecified atom stereocenters. The minimum absolute atomic E-state index is 0.0837. The first-order chi connectivity index (χ1) is 18.3. The lowest BCUT2D eigenvalue weighted by Gasteiger charge is -2.45. The third kappa shape index (κ3) is 5.85. The van der Waals surface area contributed by atoms with Crippen LogP contribution in [0.5, 0.6) is 0 Å². The third-order valence-corrected chi connectivity index (χ3v) is 8.62. The van der Waals surface area contributed by atoms with Crippen LogP contribution in [0.15, 0.2) is 84.9 Å². The zero-order valence-electron chi connectivity index (χ0n) is 22.6. The highest BCUT2D eigenvalue weighted by molar-refractivity contribution is 5.80. The highest BCUT2D eigenvalue weighted by Gasteiger charge is 2.42. The summed E-state index contributed by atoms with van der Waals surface area (Å²) in [6.07, 6.45) is 3.00. The molecule has 0 radical (unpaired) electrons. The van der Waals surface area contributed by atoms with E-state index in [-0.39, 0.29) is 6.61 Å². The van der Waals surface area contributed by atoms with Crippen LogP contribution in [0.25, 0.3) is 0 Å². The number of aliphatic hydroxyl groups excluding tert-OH is 2. The van der Waals surface area contributed by atoms with Gasteiger partial charge in [0.1, 0.15) is 0 Å². The van der Waals surface area contributed by atoms with Crippen molar-refractivity contribution in [3.8, 4) is 0 Å². The topological polar surface area (TPSA) is 81.0 Å². The Hall–Kier alpha value is -2.99. The second-order valence-corrected chi connectivity index (χ2v) is 11.2. The quantitative estimate of drug-likeness (QED) is 0.312. The van der Waals surface area contributed by atoms with E-state index in [1.54, 1.807) is 13.8 Å². The van der Waals surface area contributed by atoms with Gasteiger partial charge in [-0.05, 0) is 87.3 Å². The van der Waals surface area contributed by atoms with Crippen molar-refractivity contribution in [1.82, 2.24) is 4.90 Å². The Bertz CT molecular complexity index is 1110. The van der Waals surface area contributed by atoms with Crippen LogP contribution in [0.4, 0.5) is 0 Å². The lowest BCUT2D eigenvalue weighted by atomic mass is 9.63. The molecule has 1 aliphatic rings. The van der Waals surface area contributed by atoms with Crippen molar-refractivity contribution in [1.29, 1.82) is 0 Å². The maximum Gasteiger partial charge on any atom is 0.313 e. The fourth-order valence-electron chi connectivity index (χ4n) is 5.99. The zero-order chi connectivity index (χ0) is 27.2. The van der Waals surface area contributed by atoms with Crippen molar-refractivity contribution in [2.45, 2.75) is 56.5 Å². The Balaban J connectivity index is 1.34. The zero-order valence-corrected chi connectivity index (χ0v) is 22.6. The van der Waals surface area contributed by atoms with Gasteiger partial charge in [0.25, 0.3) is 0 Å². The molecule has 0 amide bonds. The molecule has 0 saturated carbocycles. The van der Waals surface area contributed by atoms with Gasteiger partial charge in [0.15, 0.2) is 0 Å². The molecule has 3 N–H and O–H groups in total. The number of aliphatic hydroxyl groups is 2. The van der Waals surface area contributed by atoms with Crippen molar-refractivity contribution < 1.29 is 20.1 Å². The molecule has 202 valence electrons. The Morgan fingerprint density at radius 3 is 1.87 bits per heavy atom. The van der Waals surface area contributed by atoms with Crippen LogP contribution in [0.3, 0.4) is 0 Å². The number of piperidine rings is 1. The van der Waals surface area contributed by atoms with E-state index in [1.165, 1.54) is 11.1 Å². The predicted octanol–water partition coefficient (Wildman–Crippen LogP) is 5.55. The fourth-order valence-corrected chi connectivity index (χ4v) is 5.99. The van der Waals surface area contributed by atoms with Crippen molar-refractivity contribution in [2.24, 2.45) is 5.92 Å². The molecule has 5 heteroatoms. The summed E-state index contributed by atoms with van der Waals surface area (Å²) in [5.74, 6) is -0.522. The maximum absolute atomic E-state index is 11.5. The van der Waals surface area contributed by atoms with Crippen LogP contribution in [0, 0.1) is 5.92 Å². The molecule has 38 heavy (non-hydrogen) atoms. The van der Waals surface area contributed by atoms with Crippen LogP contribution in [0.2, 0.25) is 0 Å². The van der Waals surface area contributed by atoms with Crippen molar-refractivity contribution in [2.75, 3.05) is 26.2 Å². The van der Waals surface area contributed by atoms with E-state index in [2.05, 4.69) is 53.4 Å². The first-order valence-corrected chi connectivity index (χ1v) is 13.7. The van der Waals surface area contributed by atoms with Crippen LogP contribution in [-0.2, 0) is 15.6 Å². The monoisotopic (exact) mass is 515 g/mol. The number of likely N-dealkylation sites (tertiary alicyclic amines) is 1. The summed E-state index contributed by atoms with van der Waals surface area (Å²) in [4.78, 5) is 14.0. The molecular weight excluding hydrogens is 474 g/mol. The molecule has 1 saturated heterocycles. The van der Waals surface area contributed by atoms with Crippen molar-refractivity contribution in [3.05, 3.63) is 107 Å². The summed E-state index contributed by atoms with van der Waals surface area (Å²) in [5, 5.41) is 31.0. The van der Waals surface area contributed by atoms with Gasteiger partial charge >= 0.3 is 5.97 Å². The van der Waals surface area contributed by atoms with Gasteiger partial charge in [-0.1, -0.05) is 84.9 Å². The largest absolute Gasteiger partial charge is 0.481 e. The Morgan fingerprint density at radius 1 is 0.868 bits per heavy atom. The summed E-state index contributed by atoms with van der Waals surface area (Å²) >= 11 is 0. The molecule has 1 atom stereocenters. The number of carbonyl (C=O) groups is 1. The number of nitrogens with zero attached hydrogens (tertiary/aromatic N) is 1. The lowest BCUT2D eigenvalue weighted by molar-refractivity contribution is -0.142. The van der Waals surface area contributed by atoms with Crippen molar-refractivity contribution in [3.63, 3.8) is 0 Å². The number of hydrogen-bond donors (Lipinski definition) is 3. The van der Waals surface area contributed by atoms with E-state index in [0.717, 1.165) is 50.0 Å². The predicted molar refractivity (Wildman–Crippen MR) is 151 cm³/mol. The van der Waals surface area contributed by atoms with E-state index >= 15 is 0 Å². The second-order valence-electron chi connectivity index (χ2n) is 11.2. The van der Waals surface area contributed by atoms with Gasteiger partial charge < -0.3 is 20.2 Å². The van der Waals surface area contributed by atoms with E-state index in [1.807, 2.05) is 36.4 Å². The molecular formula is C33H41NO4. The minimum atomic E-state index is -0.954. The summed E-state index contributed by atoms with van der Waals surface area (Å²) in [5.41, 5.74) is 2.54. The molecule has 3 aromatic carbocycles. The van der Waals surface area contributed by atoms with E-state index in [4.69, 9.17) is 0 Å². The van der Waals surface area contributed by atoms with Gasteiger partial charge in [0.05, 0.1) is 18.1 Å². The first-order valence-electron chi connectivity index (χ1n) is 13.7.